The topological polar surface area (TPSA) is 90.3 Å². The third-order valence-electron chi connectivity index (χ3n) is 4.61. The maximum atomic E-state index is 12.8. The predicted molar refractivity (Wildman–Crippen MR) is 102 cm³/mol. The Morgan fingerprint density at radius 3 is 2.93 bits per heavy atom. The largest absolute Gasteiger partial charge is 0.465 e. The first-order valence-corrected chi connectivity index (χ1v) is 9.37. The van der Waals surface area contributed by atoms with Crippen LogP contribution in [0.4, 0.5) is 5.69 Å². The molecule has 0 saturated heterocycles. The highest BCUT2D eigenvalue weighted by Crippen LogP contribution is 2.34. The molecule has 0 atom stereocenters. The molecule has 1 amide bonds. The monoisotopic (exact) mass is 383 g/mol. The van der Waals surface area contributed by atoms with Gasteiger partial charge in [-0.1, -0.05) is 12.1 Å². The Morgan fingerprint density at radius 1 is 1.30 bits per heavy atom. The molecule has 1 aliphatic carbocycles. The molecule has 8 heteroatoms. The second kappa shape index (κ2) is 6.96. The molecule has 7 nitrogen and oxygen atoms in total. The fourth-order valence-corrected chi connectivity index (χ4v) is 4.58. The first kappa shape index (κ1) is 17.4. The molecule has 0 bridgehead atoms. The number of fused-ring (bicyclic) bond motifs is 3. The lowest BCUT2D eigenvalue weighted by atomic mass is 10.2. The lowest BCUT2D eigenvalue weighted by Gasteiger charge is -2.10. The van der Waals surface area contributed by atoms with E-state index in [4.69, 9.17) is 4.74 Å². The molecule has 4 rings (SSSR count). The van der Waals surface area contributed by atoms with Crippen molar-refractivity contribution < 1.29 is 14.3 Å². The lowest BCUT2D eigenvalue weighted by Crippen LogP contribution is -2.28. The molecule has 27 heavy (non-hydrogen) atoms. The van der Waals surface area contributed by atoms with Crippen LogP contribution in [0.15, 0.2) is 35.4 Å². The van der Waals surface area contributed by atoms with Crippen molar-refractivity contribution in [3.05, 3.63) is 57.0 Å². The van der Waals surface area contributed by atoms with Gasteiger partial charge >= 0.3 is 5.97 Å². The summed E-state index contributed by atoms with van der Waals surface area (Å²) < 4.78 is 6.03. The van der Waals surface area contributed by atoms with E-state index in [9.17, 15) is 14.4 Å². The van der Waals surface area contributed by atoms with Crippen LogP contribution in [0.3, 0.4) is 0 Å². The summed E-state index contributed by atoms with van der Waals surface area (Å²) in [6, 6.07) is 6.56. The third-order valence-corrected chi connectivity index (χ3v) is 5.81. The summed E-state index contributed by atoms with van der Waals surface area (Å²) in [5.41, 5.74) is 1.48. The standard InChI is InChI=1S/C19H17N3O4S/c1-26-19(25)11-5-2-3-7-13(11)21-15(23)9-22-10-20-17-16(18(22)24)12-6-4-8-14(12)27-17/h2-3,5,7,10H,4,6,8-9H2,1H3,(H,21,23). The Labute approximate surface area is 158 Å². The first-order chi connectivity index (χ1) is 13.1. The fourth-order valence-electron chi connectivity index (χ4n) is 3.36. The average molecular weight is 383 g/mol. The number of carbonyl (C=O) groups is 2. The molecule has 2 heterocycles. The molecule has 3 aromatic rings. The van der Waals surface area contributed by atoms with Gasteiger partial charge < -0.3 is 10.1 Å². The van der Waals surface area contributed by atoms with Crippen molar-refractivity contribution in [3.63, 3.8) is 0 Å². The van der Waals surface area contributed by atoms with Crippen molar-refractivity contribution in [2.75, 3.05) is 12.4 Å². The normalized spacial score (nSPS) is 12.8. The van der Waals surface area contributed by atoms with E-state index in [0.717, 1.165) is 29.7 Å². The Balaban J connectivity index is 1.60. The number of aryl methyl sites for hydroxylation is 2. The molecule has 0 unspecified atom stereocenters. The van der Waals surface area contributed by atoms with E-state index in [1.165, 1.54) is 22.9 Å². The fraction of sp³-hybridized carbons (Fsp3) is 0.263. The number of nitrogens with one attached hydrogen (secondary N) is 1. The summed E-state index contributed by atoms with van der Waals surface area (Å²) >= 11 is 1.56. The summed E-state index contributed by atoms with van der Waals surface area (Å²) in [5, 5.41) is 3.31. The van der Waals surface area contributed by atoms with Gasteiger partial charge in [-0.2, -0.15) is 0 Å². The Morgan fingerprint density at radius 2 is 2.11 bits per heavy atom. The smallest absolute Gasteiger partial charge is 0.339 e. The summed E-state index contributed by atoms with van der Waals surface area (Å²) in [6.45, 7) is -0.179. The molecule has 138 valence electrons. The molecular weight excluding hydrogens is 366 g/mol. The minimum Gasteiger partial charge on any atom is -0.465 e. The van der Waals surface area contributed by atoms with Crippen LogP contribution in [-0.4, -0.2) is 28.5 Å². The number of hydrogen-bond donors (Lipinski definition) is 1. The number of esters is 1. The van der Waals surface area contributed by atoms with Gasteiger partial charge in [0.25, 0.3) is 5.56 Å². The lowest BCUT2D eigenvalue weighted by molar-refractivity contribution is -0.116. The molecular formula is C19H17N3O4S. The van der Waals surface area contributed by atoms with E-state index in [-0.39, 0.29) is 17.7 Å². The number of rotatable bonds is 4. The molecule has 1 aliphatic rings. The van der Waals surface area contributed by atoms with Crippen LogP contribution in [0.2, 0.25) is 0 Å². The van der Waals surface area contributed by atoms with E-state index < -0.39 is 11.9 Å². The Bertz CT molecular complexity index is 1120. The Hall–Kier alpha value is -3.00. The van der Waals surface area contributed by atoms with Crippen LogP contribution in [0.1, 0.15) is 27.2 Å². The summed E-state index contributed by atoms with van der Waals surface area (Å²) in [7, 11) is 1.28. The summed E-state index contributed by atoms with van der Waals surface area (Å²) in [6.07, 6.45) is 4.33. The van der Waals surface area contributed by atoms with Crippen molar-refractivity contribution >= 4 is 39.1 Å². The predicted octanol–water partition coefficient (Wildman–Crippen LogP) is 2.37. The second-order valence-electron chi connectivity index (χ2n) is 6.30. The maximum Gasteiger partial charge on any atom is 0.339 e. The number of para-hydroxylation sites is 1. The molecule has 1 aromatic carbocycles. The first-order valence-electron chi connectivity index (χ1n) is 8.55. The number of amides is 1. The number of nitrogens with zero attached hydrogens (tertiary/aromatic N) is 2. The molecule has 0 radical (unpaired) electrons. The molecule has 2 aromatic heterocycles. The van der Waals surface area contributed by atoms with Crippen molar-refractivity contribution in [1.82, 2.24) is 9.55 Å². The molecule has 0 saturated carbocycles. The van der Waals surface area contributed by atoms with Crippen LogP contribution >= 0.6 is 11.3 Å². The number of hydrogen-bond acceptors (Lipinski definition) is 6. The van der Waals surface area contributed by atoms with Gasteiger partial charge in [-0.15, -0.1) is 11.3 Å². The van der Waals surface area contributed by atoms with E-state index in [1.54, 1.807) is 35.6 Å². The minimum absolute atomic E-state index is 0.179. The SMILES string of the molecule is COC(=O)c1ccccc1NC(=O)Cn1cnc2sc3c(c2c1=O)CCC3. The van der Waals surface area contributed by atoms with Crippen LogP contribution in [-0.2, 0) is 28.9 Å². The average Bonchev–Trinajstić information content (AvgIpc) is 3.25. The Kier molecular flexibility index (Phi) is 4.49. The van der Waals surface area contributed by atoms with E-state index in [2.05, 4.69) is 10.3 Å². The molecule has 0 aliphatic heterocycles. The third kappa shape index (κ3) is 3.12. The minimum atomic E-state index is -0.542. The zero-order valence-electron chi connectivity index (χ0n) is 14.7. The highest BCUT2D eigenvalue weighted by Gasteiger charge is 2.22. The van der Waals surface area contributed by atoms with Gasteiger partial charge in [-0.3, -0.25) is 14.2 Å². The van der Waals surface area contributed by atoms with Gasteiger partial charge in [-0.25, -0.2) is 9.78 Å². The second-order valence-corrected chi connectivity index (χ2v) is 7.38. The van der Waals surface area contributed by atoms with Crippen molar-refractivity contribution in [2.45, 2.75) is 25.8 Å². The van der Waals surface area contributed by atoms with Crippen LogP contribution in [0.5, 0.6) is 0 Å². The van der Waals surface area contributed by atoms with Crippen LogP contribution < -0.4 is 10.9 Å². The number of methoxy groups -OCH3 is 1. The maximum absolute atomic E-state index is 12.8. The van der Waals surface area contributed by atoms with Crippen molar-refractivity contribution in [3.8, 4) is 0 Å². The number of carbonyl (C=O) groups excluding carboxylic acids is 2. The quantitative estimate of drug-likeness (QED) is 0.699. The zero-order valence-corrected chi connectivity index (χ0v) is 15.5. The zero-order chi connectivity index (χ0) is 19.0. The van der Waals surface area contributed by atoms with Crippen molar-refractivity contribution in [1.29, 1.82) is 0 Å². The van der Waals surface area contributed by atoms with Crippen molar-refractivity contribution in [2.24, 2.45) is 0 Å². The van der Waals surface area contributed by atoms with Crippen LogP contribution in [0.25, 0.3) is 10.2 Å². The molecule has 0 spiro atoms. The number of anilines is 1. The van der Waals surface area contributed by atoms with Gasteiger partial charge in [0.15, 0.2) is 0 Å². The van der Waals surface area contributed by atoms with Gasteiger partial charge in [0.1, 0.15) is 11.4 Å². The van der Waals surface area contributed by atoms with Gasteiger partial charge in [0, 0.05) is 4.88 Å². The molecule has 0 fully saturated rings. The van der Waals surface area contributed by atoms with E-state index >= 15 is 0 Å². The number of thiophene rings is 1. The number of aromatic nitrogens is 2. The highest BCUT2D eigenvalue weighted by molar-refractivity contribution is 7.18. The van der Waals surface area contributed by atoms with Gasteiger partial charge in [-0.05, 0) is 37.0 Å². The summed E-state index contributed by atoms with van der Waals surface area (Å²) in [4.78, 5) is 43.4. The van der Waals surface area contributed by atoms with E-state index in [1.807, 2.05) is 0 Å². The summed E-state index contributed by atoms with van der Waals surface area (Å²) in [5.74, 6) is -0.957. The number of benzene rings is 1. The van der Waals surface area contributed by atoms with Crippen LogP contribution in [0, 0.1) is 0 Å². The van der Waals surface area contributed by atoms with E-state index in [0.29, 0.717) is 11.1 Å². The number of ether oxygens (including phenoxy) is 1. The highest BCUT2D eigenvalue weighted by atomic mass is 32.1. The molecule has 1 N–H and O–H groups in total. The van der Waals surface area contributed by atoms with Gasteiger partial charge in [0.05, 0.1) is 30.1 Å². The van der Waals surface area contributed by atoms with Gasteiger partial charge in [0.2, 0.25) is 5.91 Å².